The van der Waals surface area contributed by atoms with E-state index in [0.717, 1.165) is 10.7 Å². The summed E-state index contributed by atoms with van der Waals surface area (Å²) >= 11 is 1.71. The van der Waals surface area contributed by atoms with Gasteiger partial charge in [0.25, 0.3) is 0 Å². The van der Waals surface area contributed by atoms with Crippen LogP contribution in [0.4, 0.5) is 0 Å². The first-order valence-electron chi connectivity index (χ1n) is 7.16. The first-order valence-corrected chi connectivity index (χ1v) is 7.98. The fourth-order valence-corrected chi connectivity index (χ4v) is 3.25. The second-order valence-electron chi connectivity index (χ2n) is 6.53. The molecule has 0 fully saturated rings. The van der Waals surface area contributed by atoms with Gasteiger partial charge >= 0.3 is 0 Å². The van der Waals surface area contributed by atoms with Crippen molar-refractivity contribution in [3.05, 3.63) is 15.6 Å². The molecular weight excluding hydrogens is 272 g/mol. The normalized spacial score (nSPS) is 14.6. The van der Waals surface area contributed by atoms with Crippen molar-refractivity contribution in [2.24, 2.45) is 0 Å². The monoisotopic (exact) mass is 300 g/mol. The van der Waals surface area contributed by atoms with Crippen LogP contribution in [0.25, 0.3) is 0 Å². The summed E-state index contributed by atoms with van der Waals surface area (Å²) in [5.41, 5.74) is 0.446. The molecule has 0 aromatic carbocycles. The molecule has 0 aliphatic heterocycles. The molecule has 1 rings (SSSR count). The molecule has 1 heterocycles. The largest absolute Gasteiger partial charge is 0.394 e. The van der Waals surface area contributed by atoms with Gasteiger partial charge in [0.05, 0.1) is 29.5 Å². The standard InChI is InChI=1S/C15H28N2O2S/c1-7-15(8-18,9-19)17-11(3)12-10(2)16-13(20-12)14(4,5)6/h11,17-19H,7-9H2,1-6H3. The number of aliphatic hydroxyl groups is 2. The Morgan fingerprint density at radius 2 is 1.80 bits per heavy atom. The summed E-state index contributed by atoms with van der Waals surface area (Å²) in [4.78, 5) is 5.84. The lowest BCUT2D eigenvalue weighted by atomic mass is 9.97. The molecule has 4 nitrogen and oxygen atoms in total. The predicted molar refractivity (Wildman–Crippen MR) is 84.3 cm³/mol. The Bertz CT molecular complexity index is 425. The van der Waals surface area contributed by atoms with Crippen molar-refractivity contribution in [3.8, 4) is 0 Å². The van der Waals surface area contributed by atoms with Gasteiger partial charge in [-0.3, -0.25) is 5.32 Å². The van der Waals surface area contributed by atoms with E-state index in [0.29, 0.717) is 6.42 Å². The van der Waals surface area contributed by atoms with Gasteiger partial charge in [-0.05, 0) is 20.3 Å². The molecule has 20 heavy (non-hydrogen) atoms. The van der Waals surface area contributed by atoms with Crippen LogP contribution in [-0.2, 0) is 5.41 Å². The van der Waals surface area contributed by atoms with Crippen LogP contribution in [-0.4, -0.2) is 33.9 Å². The zero-order valence-corrected chi connectivity index (χ0v) is 14.3. The fourth-order valence-electron chi connectivity index (χ4n) is 2.12. The van der Waals surface area contributed by atoms with Crippen LogP contribution in [0.5, 0.6) is 0 Å². The summed E-state index contributed by atoms with van der Waals surface area (Å²) in [7, 11) is 0. The third-order valence-electron chi connectivity index (χ3n) is 3.67. The Labute approximate surface area is 126 Å². The van der Waals surface area contributed by atoms with Crippen LogP contribution < -0.4 is 5.32 Å². The zero-order chi connectivity index (χ0) is 15.6. The Kier molecular flexibility index (Phi) is 5.72. The van der Waals surface area contributed by atoms with Crippen molar-refractivity contribution < 1.29 is 10.2 Å². The highest BCUT2D eigenvalue weighted by molar-refractivity contribution is 7.12. The minimum Gasteiger partial charge on any atom is -0.394 e. The maximum atomic E-state index is 9.54. The van der Waals surface area contributed by atoms with E-state index >= 15 is 0 Å². The number of rotatable bonds is 6. The lowest BCUT2D eigenvalue weighted by Gasteiger charge is -2.33. The van der Waals surface area contributed by atoms with Crippen LogP contribution in [0.3, 0.4) is 0 Å². The molecule has 0 spiro atoms. The van der Waals surface area contributed by atoms with E-state index in [4.69, 9.17) is 0 Å². The van der Waals surface area contributed by atoms with Gasteiger partial charge in [0.1, 0.15) is 0 Å². The van der Waals surface area contributed by atoms with E-state index in [1.807, 2.05) is 13.8 Å². The van der Waals surface area contributed by atoms with E-state index < -0.39 is 5.54 Å². The van der Waals surface area contributed by atoms with Crippen molar-refractivity contribution in [2.45, 2.75) is 65.0 Å². The summed E-state index contributed by atoms with van der Waals surface area (Å²) in [5.74, 6) is 0. The highest BCUT2D eigenvalue weighted by Crippen LogP contribution is 2.33. The van der Waals surface area contributed by atoms with Gasteiger partial charge in [0.15, 0.2) is 0 Å². The van der Waals surface area contributed by atoms with Crippen molar-refractivity contribution >= 4 is 11.3 Å². The van der Waals surface area contributed by atoms with Crippen LogP contribution in [0.2, 0.25) is 0 Å². The van der Waals surface area contributed by atoms with Gasteiger partial charge in [-0.1, -0.05) is 27.7 Å². The molecule has 0 saturated carbocycles. The predicted octanol–water partition coefficient (Wildman–Crippen LogP) is 2.53. The summed E-state index contributed by atoms with van der Waals surface area (Å²) in [6.07, 6.45) is 0.675. The number of nitrogens with zero attached hydrogens (tertiary/aromatic N) is 1. The van der Waals surface area contributed by atoms with Crippen molar-refractivity contribution in [2.75, 3.05) is 13.2 Å². The fraction of sp³-hybridized carbons (Fsp3) is 0.800. The van der Waals surface area contributed by atoms with Gasteiger partial charge in [0.2, 0.25) is 0 Å². The molecule has 1 atom stereocenters. The summed E-state index contributed by atoms with van der Waals surface area (Å²) < 4.78 is 0. The molecule has 1 unspecified atom stereocenters. The third-order valence-corrected chi connectivity index (χ3v) is 5.44. The first kappa shape index (κ1) is 17.6. The average molecular weight is 300 g/mol. The highest BCUT2D eigenvalue weighted by Gasteiger charge is 2.30. The maximum absolute atomic E-state index is 9.54. The lowest BCUT2D eigenvalue weighted by molar-refractivity contribution is 0.0795. The molecule has 0 aliphatic carbocycles. The highest BCUT2D eigenvalue weighted by atomic mass is 32.1. The summed E-state index contributed by atoms with van der Waals surface area (Å²) in [6, 6.07) is 0.0582. The number of hydrogen-bond acceptors (Lipinski definition) is 5. The second kappa shape index (κ2) is 6.52. The van der Waals surface area contributed by atoms with E-state index in [-0.39, 0.29) is 24.7 Å². The smallest absolute Gasteiger partial charge is 0.0985 e. The van der Waals surface area contributed by atoms with Crippen LogP contribution in [0, 0.1) is 6.92 Å². The van der Waals surface area contributed by atoms with Gasteiger partial charge in [-0.15, -0.1) is 11.3 Å². The number of thiazole rings is 1. The van der Waals surface area contributed by atoms with Crippen molar-refractivity contribution in [1.82, 2.24) is 10.3 Å². The van der Waals surface area contributed by atoms with Crippen molar-refractivity contribution in [1.29, 1.82) is 0 Å². The number of nitrogens with one attached hydrogen (secondary N) is 1. The topological polar surface area (TPSA) is 65.4 Å². The van der Waals surface area contributed by atoms with E-state index in [2.05, 4.69) is 38.0 Å². The SMILES string of the molecule is CCC(CO)(CO)NC(C)c1sc(C(C)(C)C)nc1C. The van der Waals surface area contributed by atoms with Gasteiger partial charge in [-0.25, -0.2) is 4.98 Å². The molecule has 0 aliphatic rings. The Morgan fingerprint density at radius 3 is 2.15 bits per heavy atom. The molecule has 0 bridgehead atoms. The van der Waals surface area contributed by atoms with Crippen molar-refractivity contribution in [3.63, 3.8) is 0 Å². The van der Waals surface area contributed by atoms with Crippen LogP contribution in [0.1, 0.15) is 62.7 Å². The number of aliphatic hydroxyl groups excluding tert-OH is 2. The minimum absolute atomic E-state index is 0.0448. The maximum Gasteiger partial charge on any atom is 0.0985 e. The molecule has 116 valence electrons. The van der Waals surface area contributed by atoms with Gasteiger partial charge < -0.3 is 10.2 Å². The van der Waals surface area contributed by atoms with Gasteiger partial charge in [-0.2, -0.15) is 0 Å². The molecule has 1 aromatic rings. The molecule has 5 heteroatoms. The Balaban J connectivity index is 2.98. The third kappa shape index (κ3) is 3.79. The van der Waals surface area contributed by atoms with E-state index in [1.165, 1.54) is 4.88 Å². The number of hydrogen-bond donors (Lipinski definition) is 3. The quantitative estimate of drug-likeness (QED) is 0.755. The van der Waals surface area contributed by atoms with Gasteiger partial charge in [0, 0.05) is 16.3 Å². The molecule has 0 amide bonds. The molecule has 0 radical (unpaired) electrons. The summed E-state index contributed by atoms with van der Waals surface area (Å²) in [6.45, 7) is 12.4. The minimum atomic E-state index is -0.627. The molecular formula is C15H28N2O2S. The molecule has 1 aromatic heterocycles. The molecule has 3 N–H and O–H groups in total. The van der Waals surface area contributed by atoms with Crippen LogP contribution in [0.15, 0.2) is 0 Å². The second-order valence-corrected chi connectivity index (χ2v) is 7.57. The Hall–Kier alpha value is -0.490. The average Bonchev–Trinajstić information content (AvgIpc) is 2.78. The van der Waals surface area contributed by atoms with Crippen LogP contribution >= 0.6 is 11.3 Å². The summed E-state index contributed by atoms with van der Waals surface area (Å²) in [5, 5.41) is 23.6. The first-order chi connectivity index (χ1) is 9.19. The molecule has 0 saturated heterocycles. The number of aryl methyl sites for hydroxylation is 1. The Morgan fingerprint density at radius 1 is 1.25 bits per heavy atom. The zero-order valence-electron chi connectivity index (χ0n) is 13.4. The lowest BCUT2D eigenvalue weighted by Crippen LogP contribution is -2.52. The van der Waals surface area contributed by atoms with E-state index in [1.54, 1.807) is 11.3 Å². The number of aromatic nitrogens is 1. The van der Waals surface area contributed by atoms with E-state index in [9.17, 15) is 10.2 Å².